The van der Waals surface area contributed by atoms with Crippen LogP contribution in [0.2, 0.25) is 0 Å². The molecule has 0 radical (unpaired) electrons. The molecule has 4 unspecified atom stereocenters. The van der Waals surface area contributed by atoms with Gasteiger partial charge < -0.3 is 38.8 Å². The minimum Gasteiger partial charge on any atom is -0.493 e. The number of aliphatic hydroxyl groups is 1. The first-order valence-corrected chi connectivity index (χ1v) is 21.6. The Balaban J connectivity index is 1.02. The number of carboxylic acid groups (broad SMARTS) is 1. The number of ether oxygens (including phenoxy) is 5. The Kier molecular flexibility index (Phi) is 12.8. The van der Waals surface area contributed by atoms with Crippen molar-refractivity contribution < 1.29 is 71.1 Å². The van der Waals surface area contributed by atoms with E-state index in [2.05, 4.69) is 4.74 Å². The molecule has 18 nitrogen and oxygen atoms in total. The summed E-state index contributed by atoms with van der Waals surface area (Å²) >= 11 is 0. The van der Waals surface area contributed by atoms with E-state index in [4.69, 9.17) is 18.9 Å². The number of aliphatic carboxylic acids is 1. The number of hydrogen-bond acceptors (Lipinski definition) is 14. The fraction of sp³-hybridized carbons (Fsp3) is 0.395. The zero-order valence-electron chi connectivity index (χ0n) is 33.9. The molecular formula is C43H45N3O15S. The van der Waals surface area contributed by atoms with Crippen LogP contribution in [-0.2, 0) is 51.5 Å². The van der Waals surface area contributed by atoms with Gasteiger partial charge in [0.05, 0.1) is 49.8 Å². The third kappa shape index (κ3) is 8.80. The summed E-state index contributed by atoms with van der Waals surface area (Å²) in [5.74, 6) is -4.76. The first-order valence-electron chi connectivity index (χ1n) is 19.9. The Morgan fingerprint density at radius 2 is 1.65 bits per heavy atom. The second-order valence-electron chi connectivity index (χ2n) is 15.2. The van der Waals surface area contributed by atoms with Crippen molar-refractivity contribution in [2.75, 3.05) is 44.6 Å². The standard InChI is InChI=1S/C43H45N3O15S/c1-57-34-20-30-33(21-35(34)59-17-7-11-36(48)58-2)45(40(51)32-10-6-16-44(32)38(30)49)43(54)61-22-26-12-14-29(15-13-26)60-23-27-24-62(55,56)41-31(39(50)46(41)37(27)42(52)53)19-28(47)18-25-8-4-3-5-9-25/h3-5,8-9,12-15,20-21,31-32,40-41,51H,6-7,10-11,16-19,22-24H2,1-2H3,(H,52,53). The van der Waals surface area contributed by atoms with E-state index >= 15 is 0 Å². The summed E-state index contributed by atoms with van der Waals surface area (Å²) in [6.45, 7) is -0.318. The number of methoxy groups -OCH3 is 2. The maximum absolute atomic E-state index is 13.9. The number of amides is 3. The summed E-state index contributed by atoms with van der Waals surface area (Å²) in [4.78, 5) is 80.8. The van der Waals surface area contributed by atoms with Crippen LogP contribution in [0.1, 0.15) is 53.6 Å². The van der Waals surface area contributed by atoms with Gasteiger partial charge in [-0.1, -0.05) is 42.5 Å². The van der Waals surface area contributed by atoms with Crippen LogP contribution < -0.4 is 19.1 Å². The normalized spacial score (nSPS) is 21.2. The molecular weight excluding hydrogens is 831 g/mol. The van der Waals surface area contributed by atoms with Gasteiger partial charge in [0.15, 0.2) is 32.9 Å². The number of anilines is 1. The van der Waals surface area contributed by atoms with E-state index in [-0.39, 0.29) is 72.3 Å². The van der Waals surface area contributed by atoms with Crippen LogP contribution in [0.5, 0.6) is 17.2 Å². The number of rotatable bonds is 16. The summed E-state index contributed by atoms with van der Waals surface area (Å²) in [5.41, 5.74) is 0.663. The lowest BCUT2D eigenvalue weighted by molar-refractivity contribution is -0.154. The molecule has 2 fully saturated rings. The van der Waals surface area contributed by atoms with E-state index in [0.29, 0.717) is 36.9 Å². The largest absolute Gasteiger partial charge is 0.493 e. The molecule has 3 aromatic rings. The van der Waals surface area contributed by atoms with Gasteiger partial charge in [-0.3, -0.25) is 24.1 Å². The van der Waals surface area contributed by atoms with Crippen LogP contribution in [0.3, 0.4) is 0 Å². The maximum atomic E-state index is 13.9. The molecule has 62 heavy (non-hydrogen) atoms. The van der Waals surface area contributed by atoms with E-state index < -0.39 is 81.3 Å². The number of β-lactam (4-membered cyclic amide) rings is 1. The zero-order valence-corrected chi connectivity index (χ0v) is 34.7. The van der Waals surface area contributed by atoms with Crippen molar-refractivity contribution in [3.05, 3.63) is 94.7 Å². The van der Waals surface area contributed by atoms with E-state index in [1.54, 1.807) is 42.5 Å². The number of carbonyl (C=O) groups excluding carboxylic acids is 5. The molecule has 2 saturated heterocycles. The number of ketones is 1. The number of carbonyl (C=O) groups is 6. The molecule has 3 aromatic carbocycles. The number of nitrogens with zero attached hydrogens (tertiary/aromatic N) is 3. The van der Waals surface area contributed by atoms with Gasteiger partial charge in [-0.05, 0) is 48.6 Å². The van der Waals surface area contributed by atoms with E-state index in [0.717, 1.165) is 9.80 Å². The molecule has 0 saturated carbocycles. The smallest absolute Gasteiger partial charge is 0.416 e. The molecule has 4 atom stereocenters. The number of benzene rings is 3. The molecule has 0 bridgehead atoms. The molecule has 0 aromatic heterocycles. The van der Waals surface area contributed by atoms with Crippen LogP contribution in [0.15, 0.2) is 78.0 Å². The topological polar surface area (TPSA) is 233 Å². The van der Waals surface area contributed by atoms with Crippen LogP contribution in [0.4, 0.5) is 10.5 Å². The minimum absolute atomic E-state index is 0.00616. The van der Waals surface area contributed by atoms with Gasteiger partial charge in [-0.2, -0.15) is 0 Å². The average Bonchev–Trinajstić information content (AvgIpc) is 3.73. The first kappa shape index (κ1) is 43.6. The second-order valence-corrected chi connectivity index (χ2v) is 17.3. The fourth-order valence-electron chi connectivity index (χ4n) is 8.22. The van der Waals surface area contributed by atoms with Crippen LogP contribution >= 0.6 is 0 Å². The molecule has 19 heteroatoms. The van der Waals surface area contributed by atoms with Crippen molar-refractivity contribution in [3.8, 4) is 17.2 Å². The molecule has 7 rings (SSSR count). The van der Waals surface area contributed by atoms with E-state index in [9.17, 15) is 47.4 Å². The second kappa shape index (κ2) is 18.3. The van der Waals surface area contributed by atoms with Crippen LogP contribution in [0.25, 0.3) is 0 Å². The predicted molar refractivity (Wildman–Crippen MR) is 217 cm³/mol. The van der Waals surface area contributed by atoms with Crippen molar-refractivity contribution in [1.82, 2.24) is 9.80 Å². The highest BCUT2D eigenvalue weighted by atomic mass is 32.2. The quantitative estimate of drug-likeness (QED) is 0.120. The van der Waals surface area contributed by atoms with Gasteiger partial charge in [0.25, 0.3) is 5.91 Å². The van der Waals surface area contributed by atoms with Crippen molar-refractivity contribution in [2.24, 2.45) is 5.92 Å². The highest BCUT2D eigenvalue weighted by molar-refractivity contribution is 7.92. The molecule has 2 N–H and O–H groups in total. The van der Waals surface area contributed by atoms with Crippen molar-refractivity contribution in [1.29, 1.82) is 0 Å². The Labute approximate surface area is 356 Å². The van der Waals surface area contributed by atoms with Crippen LogP contribution in [0, 0.1) is 5.92 Å². The number of sulfone groups is 1. The Hall–Kier alpha value is -6.47. The summed E-state index contributed by atoms with van der Waals surface area (Å²) in [5, 5.41) is 20.2. The highest BCUT2D eigenvalue weighted by Crippen LogP contribution is 2.43. The fourth-order valence-corrected chi connectivity index (χ4v) is 10.3. The van der Waals surface area contributed by atoms with Gasteiger partial charge in [-0.25, -0.2) is 22.9 Å². The highest BCUT2D eigenvalue weighted by Gasteiger charge is 2.60. The lowest BCUT2D eigenvalue weighted by atomic mass is 9.89. The molecule has 328 valence electrons. The monoisotopic (exact) mass is 875 g/mol. The van der Waals surface area contributed by atoms with Gasteiger partial charge in [0, 0.05) is 37.4 Å². The molecule has 4 aliphatic heterocycles. The van der Waals surface area contributed by atoms with Gasteiger partial charge >= 0.3 is 18.0 Å². The lowest BCUT2D eigenvalue weighted by Crippen LogP contribution is -2.67. The van der Waals surface area contributed by atoms with E-state index in [1.165, 1.54) is 43.4 Å². The van der Waals surface area contributed by atoms with Crippen molar-refractivity contribution >= 4 is 51.2 Å². The zero-order chi connectivity index (χ0) is 44.3. The Morgan fingerprint density at radius 1 is 0.903 bits per heavy atom. The number of hydrogen-bond donors (Lipinski definition) is 2. The third-order valence-electron chi connectivity index (χ3n) is 11.2. The molecule has 4 aliphatic rings. The molecule has 3 amide bonds. The number of fused-ring (bicyclic) bond motifs is 3. The number of esters is 1. The number of Topliss-reactive ketones (excluding diaryl/α,β-unsaturated/α-hetero) is 1. The average molecular weight is 876 g/mol. The van der Waals surface area contributed by atoms with Crippen molar-refractivity contribution in [3.63, 3.8) is 0 Å². The lowest BCUT2D eigenvalue weighted by Gasteiger charge is -2.49. The molecule has 0 aliphatic carbocycles. The first-order chi connectivity index (χ1) is 29.7. The third-order valence-corrected chi connectivity index (χ3v) is 13.2. The SMILES string of the molecule is COC(=O)CCCOc1cc2c(cc1OC)C(=O)N1CCCC1C(O)N2C(=O)OCc1ccc(OCC2=C(C(=O)O)N3C(=O)C(CC(=O)Cc4ccccc4)C3S(=O)(=O)C2)cc1. The minimum atomic E-state index is -4.09. The molecule has 0 spiro atoms. The summed E-state index contributed by atoms with van der Waals surface area (Å²) in [7, 11) is -1.42. The van der Waals surface area contributed by atoms with Gasteiger partial charge in [-0.15, -0.1) is 0 Å². The van der Waals surface area contributed by atoms with Gasteiger partial charge in [0.1, 0.15) is 30.4 Å². The summed E-state index contributed by atoms with van der Waals surface area (Å²) in [6, 6.07) is 17.0. The maximum Gasteiger partial charge on any atom is 0.416 e. The van der Waals surface area contributed by atoms with Crippen molar-refractivity contribution in [2.45, 2.75) is 62.8 Å². The summed E-state index contributed by atoms with van der Waals surface area (Å²) in [6.07, 6.45) is -1.33. The Bertz CT molecular complexity index is 2400. The molecule has 4 heterocycles. The van der Waals surface area contributed by atoms with E-state index in [1.807, 2.05) is 0 Å². The number of aliphatic hydroxyl groups excluding tert-OH is 1. The van der Waals surface area contributed by atoms with Crippen LogP contribution in [-0.4, -0.2) is 121 Å². The number of carboxylic acids is 1. The Morgan fingerprint density at radius 3 is 2.34 bits per heavy atom. The summed E-state index contributed by atoms with van der Waals surface area (Å²) < 4.78 is 54.4. The van der Waals surface area contributed by atoms with Gasteiger partial charge in [0.2, 0.25) is 5.91 Å². The predicted octanol–water partition coefficient (Wildman–Crippen LogP) is 3.24.